The normalized spacial score (nSPS) is 13.2. The van der Waals surface area contributed by atoms with Crippen LogP contribution in [0.15, 0.2) is 71.1 Å². The first-order chi connectivity index (χ1) is 18.1. The van der Waals surface area contributed by atoms with E-state index in [9.17, 15) is 21.6 Å². The van der Waals surface area contributed by atoms with E-state index in [1.165, 1.54) is 12.1 Å². The molecule has 3 aromatic heterocycles. The highest BCUT2D eigenvalue weighted by Crippen LogP contribution is 2.45. The molecular weight excluding hydrogens is 539 g/mol. The number of benzene rings is 2. The van der Waals surface area contributed by atoms with E-state index in [4.69, 9.17) is 4.74 Å². The summed E-state index contributed by atoms with van der Waals surface area (Å²) in [6, 6.07) is 14.3. The number of halogens is 3. The van der Waals surface area contributed by atoms with Crippen molar-refractivity contribution in [2.45, 2.75) is 37.5 Å². The molecule has 198 valence electrons. The number of nitrogens with zero attached hydrogens (tertiary/aromatic N) is 3. The van der Waals surface area contributed by atoms with Crippen molar-refractivity contribution in [3.8, 4) is 22.9 Å². The SMILES string of the molecule is CCn1c(Oc2ccc3cc[nH]c3c2)nnc1[C@@H](C)NS(=O)(=O)c1csc(C(F)(F)F)c1-c1ccccc1. The van der Waals surface area contributed by atoms with E-state index in [1.807, 2.05) is 25.3 Å². The molecule has 0 aliphatic heterocycles. The lowest BCUT2D eigenvalue weighted by molar-refractivity contribution is -0.133. The molecule has 0 unspecified atom stereocenters. The number of H-pyrrole nitrogens is 1. The molecule has 0 aliphatic rings. The number of rotatable bonds is 8. The van der Waals surface area contributed by atoms with Crippen molar-refractivity contribution in [2.75, 3.05) is 0 Å². The van der Waals surface area contributed by atoms with Crippen LogP contribution in [0.3, 0.4) is 0 Å². The summed E-state index contributed by atoms with van der Waals surface area (Å²) in [6.07, 6.45) is -2.91. The number of alkyl halides is 3. The van der Waals surface area contributed by atoms with Crippen molar-refractivity contribution in [3.05, 3.63) is 76.9 Å². The number of aromatic amines is 1. The van der Waals surface area contributed by atoms with Crippen LogP contribution in [0.1, 0.15) is 30.6 Å². The molecule has 2 aromatic carbocycles. The third-order valence-corrected chi connectivity index (χ3v) is 8.62. The molecule has 0 radical (unpaired) electrons. The molecule has 5 rings (SSSR count). The first-order valence-corrected chi connectivity index (χ1v) is 13.9. The van der Waals surface area contributed by atoms with Gasteiger partial charge < -0.3 is 9.72 Å². The van der Waals surface area contributed by atoms with Crippen LogP contribution < -0.4 is 9.46 Å². The number of fused-ring (bicyclic) bond motifs is 1. The molecule has 0 amide bonds. The van der Waals surface area contributed by atoms with Gasteiger partial charge in [-0.1, -0.05) is 35.4 Å². The standard InChI is InChI=1S/C25H22F3N5O3S2/c1-3-33-23(30-31-24(33)36-18-10-9-16-11-12-29-19(16)13-18)15(2)32-38(34,35)20-14-37-22(25(26,27)28)21(20)17-7-5-4-6-8-17/h4-15,29,32H,3H2,1-2H3/t15-/m1/s1. The smallest absolute Gasteiger partial charge is 0.424 e. The molecule has 2 N–H and O–H groups in total. The van der Waals surface area contributed by atoms with Crippen LogP contribution in [0.4, 0.5) is 13.2 Å². The monoisotopic (exact) mass is 561 g/mol. The lowest BCUT2D eigenvalue weighted by atomic mass is 10.1. The molecular formula is C25H22F3N5O3S2. The summed E-state index contributed by atoms with van der Waals surface area (Å²) in [7, 11) is -4.38. The Morgan fingerprint density at radius 1 is 1.13 bits per heavy atom. The van der Waals surface area contributed by atoms with Crippen molar-refractivity contribution < 1.29 is 26.3 Å². The number of aromatic nitrogens is 4. The predicted octanol–water partition coefficient (Wildman–Crippen LogP) is 6.36. The maximum absolute atomic E-state index is 13.8. The van der Waals surface area contributed by atoms with Gasteiger partial charge in [-0.2, -0.15) is 13.2 Å². The summed E-state index contributed by atoms with van der Waals surface area (Å²) in [5, 5.41) is 10.2. The fraction of sp³-hybridized carbons (Fsp3) is 0.200. The molecule has 0 fully saturated rings. The molecule has 13 heteroatoms. The van der Waals surface area contributed by atoms with Gasteiger partial charge in [-0.3, -0.25) is 4.57 Å². The molecule has 0 bridgehead atoms. The van der Waals surface area contributed by atoms with Crippen LogP contribution in [0.25, 0.3) is 22.0 Å². The molecule has 0 saturated heterocycles. The van der Waals surface area contributed by atoms with E-state index in [-0.39, 0.29) is 23.0 Å². The first-order valence-electron chi connectivity index (χ1n) is 11.5. The van der Waals surface area contributed by atoms with Gasteiger partial charge in [0.2, 0.25) is 10.0 Å². The molecule has 1 atom stereocenters. The Labute approximate surface area is 220 Å². The van der Waals surface area contributed by atoms with Gasteiger partial charge in [0.05, 0.1) is 6.04 Å². The van der Waals surface area contributed by atoms with E-state index >= 15 is 0 Å². The number of thiophene rings is 1. The van der Waals surface area contributed by atoms with Gasteiger partial charge in [-0.05, 0) is 43.0 Å². The van der Waals surface area contributed by atoms with E-state index in [0.29, 0.717) is 23.6 Å². The fourth-order valence-electron chi connectivity index (χ4n) is 4.16. The first kappa shape index (κ1) is 25.9. The van der Waals surface area contributed by atoms with Crippen molar-refractivity contribution in [1.82, 2.24) is 24.5 Å². The largest absolute Gasteiger partial charge is 0.426 e. The highest BCUT2D eigenvalue weighted by Gasteiger charge is 2.39. The topological polar surface area (TPSA) is 102 Å². The van der Waals surface area contributed by atoms with Gasteiger partial charge in [0, 0.05) is 35.3 Å². The van der Waals surface area contributed by atoms with Crippen molar-refractivity contribution in [2.24, 2.45) is 0 Å². The quantitative estimate of drug-likeness (QED) is 0.230. The second-order valence-electron chi connectivity index (χ2n) is 8.42. The number of hydrogen-bond acceptors (Lipinski definition) is 6. The summed E-state index contributed by atoms with van der Waals surface area (Å²) in [5.74, 6) is 0.756. The Bertz CT molecular complexity index is 1690. The second kappa shape index (κ2) is 9.89. The van der Waals surface area contributed by atoms with E-state index < -0.39 is 32.0 Å². The Hall–Kier alpha value is -3.68. The lowest BCUT2D eigenvalue weighted by Gasteiger charge is -2.16. The fourth-order valence-corrected chi connectivity index (χ4v) is 6.89. The third kappa shape index (κ3) is 4.91. The van der Waals surface area contributed by atoms with Gasteiger partial charge in [-0.25, -0.2) is 13.1 Å². The average Bonchev–Trinajstić information content (AvgIpc) is 3.61. The molecule has 0 spiro atoms. The van der Waals surface area contributed by atoms with E-state index in [1.54, 1.807) is 41.8 Å². The number of ether oxygens (including phenoxy) is 1. The van der Waals surface area contributed by atoms with Gasteiger partial charge in [0.15, 0.2) is 5.82 Å². The second-order valence-corrected chi connectivity index (χ2v) is 11.0. The minimum Gasteiger partial charge on any atom is -0.424 e. The van der Waals surface area contributed by atoms with Crippen molar-refractivity contribution >= 4 is 32.3 Å². The summed E-state index contributed by atoms with van der Waals surface area (Å²) in [6.45, 7) is 3.72. The summed E-state index contributed by atoms with van der Waals surface area (Å²) < 4.78 is 78.0. The number of nitrogens with one attached hydrogen (secondary N) is 2. The third-order valence-electron chi connectivity index (χ3n) is 5.88. The Morgan fingerprint density at radius 3 is 2.61 bits per heavy atom. The zero-order valence-electron chi connectivity index (χ0n) is 20.2. The Balaban J connectivity index is 1.45. The zero-order chi connectivity index (χ0) is 27.1. The van der Waals surface area contributed by atoms with Crippen molar-refractivity contribution in [1.29, 1.82) is 0 Å². The average molecular weight is 562 g/mol. The van der Waals surface area contributed by atoms with Crippen molar-refractivity contribution in [3.63, 3.8) is 0 Å². The van der Waals surface area contributed by atoms with Gasteiger partial charge in [0.25, 0.3) is 0 Å². The highest BCUT2D eigenvalue weighted by atomic mass is 32.2. The number of hydrogen-bond donors (Lipinski definition) is 2. The van der Waals surface area contributed by atoms with Crippen LogP contribution in [-0.4, -0.2) is 28.2 Å². The van der Waals surface area contributed by atoms with Crippen LogP contribution in [0.2, 0.25) is 0 Å². The minimum atomic E-state index is -4.72. The molecule has 3 heterocycles. The Morgan fingerprint density at radius 2 is 1.89 bits per heavy atom. The van der Waals surface area contributed by atoms with Gasteiger partial charge in [-0.15, -0.1) is 16.4 Å². The summed E-state index contributed by atoms with van der Waals surface area (Å²) >= 11 is 0.342. The summed E-state index contributed by atoms with van der Waals surface area (Å²) in [4.78, 5) is 1.66. The molecule has 38 heavy (non-hydrogen) atoms. The van der Waals surface area contributed by atoms with Crippen LogP contribution in [0, 0.1) is 0 Å². The predicted molar refractivity (Wildman–Crippen MR) is 138 cm³/mol. The Kier molecular flexibility index (Phi) is 6.75. The van der Waals surface area contributed by atoms with E-state index in [0.717, 1.165) is 16.3 Å². The van der Waals surface area contributed by atoms with Crippen LogP contribution in [0.5, 0.6) is 11.8 Å². The maximum Gasteiger partial charge on any atom is 0.426 e. The molecule has 0 saturated carbocycles. The lowest BCUT2D eigenvalue weighted by Crippen LogP contribution is -2.29. The van der Waals surface area contributed by atoms with Crippen LogP contribution in [-0.2, 0) is 22.7 Å². The van der Waals surface area contributed by atoms with Gasteiger partial charge >= 0.3 is 12.2 Å². The molecule has 5 aromatic rings. The summed E-state index contributed by atoms with van der Waals surface area (Å²) in [5.41, 5.74) is 0.638. The van der Waals surface area contributed by atoms with E-state index in [2.05, 4.69) is 19.9 Å². The molecule has 8 nitrogen and oxygen atoms in total. The minimum absolute atomic E-state index is 0.152. The van der Waals surface area contributed by atoms with Gasteiger partial charge in [0.1, 0.15) is 15.5 Å². The molecule has 0 aliphatic carbocycles. The zero-order valence-corrected chi connectivity index (χ0v) is 21.8. The highest BCUT2D eigenvalue weighted by molar-refractivity contribution is 7.89. The number of sulfonamides is 1. The van der Waals surface area contributed by atoms with Crippen LogP contribution >= 0.6 is 11.3 Å². The maximum atomic E-state index is 13.8.